The fraction of sp³-hybridized carbons (Fsp3) is 0.611. The molecule has 0 aromatic heterocycles. The molecular formula is C18H25FO2. The first kappa shape index (κ1) is 16.0. The van der Waals surface area contributed by atoms with Crippen LogP contribution in [0.3, 0.4) is 0 Å². The maximum absolute atomic E-state index is 13.0. The van der Waals surface area contributed by atoms with Gasteiger partial charge < -0.3 is 5.11 Å². The average Bonchev–Trinajstić information content (AvgIpc) is 2.41. The van der Waals surface area contributed by atoms with Crippen molar-refractivity contribution in [2.45, 2.75) is 52.9 Å². The number of halogens is 1. The standard InChI is InChI=1S/C18H25FO2/c1-17(2,3)14-8-10-18(11-9-14,16(20)21)12-13-4-6-15(19)7-5-13/h4-7,14H,8-12H2,1-3H3,(H,20,21). The van der Waals surface area contributed by atoms with Crippen LogP contribution in [0, 0.1) is 22.6 Å². The van der Waals surface area contributed by atoms with E-state index in [1.54, 1.807) is 12.1 Å². The first-order valence-corrected chi connectivity index (χ1v) is 7.71. The summed E-state index contributed by atoms with van der Waals surface area (Å²) in [5, 5.41) is 9.72. The van der Waals surface area contributed by atoms with Gasteiger partial charge in [-0.15, -0.1) is 0 Å². The summed E-state index contributed by atoms with van der Waals surface area (Å²) in [6.45, 7) is 6.68. The van der Waals surface area contributed by atoms with Gasteiger partial charge in [0, 0.05) is 0 Å². The molecule has 1 N–H and O–H groups in total. The highest BCUT2D eigenvalue weighted by molar-refractivity contribution is 5.75. The molecule has 0 amide bonds. The fourth-order valence-electron chi connectivity index (χ4n) is 3.50. The van der Waals surface area contributed by atoms with Gasteiger partial charge in [-0.2, -0.15) is 0 Å². The van der Waals surface area contributed by atoms with E-state index in [1.165, 1.54) is 12.1 Å². The molecule has 0 spiro atoms. The first-order valence-electron chi connectivity index (χ1n) is 7.71. The fourth-order valence-corrected chi connectivity index (χ4v) is 3.50. The van der Waals surface area contributed by atoms with Gasteiger partial charge in [0.15, 0.2) is 0 Å². The first-order chi connectivity index (χ1) is 9.73. The number of carbonyl (C=O) groups is 1. The molecule has 2 nitrogen and oxygen atoms in total. The number of carboxylic acid groups (broad SMARTS) is 1. The zero-order valence-corrected chi connectivity index (χ0v) is 13.2. The lowest BCUT2D eigenvalue weighted by Crippen LogP contribution is -2.39. The van der Waals surface area contributed by atoms with E-state index in [0.717, 1.165) is 18.4 Å². The van der Waals surface area contributed by atoms with E-state index in [-0.39, 0.29) is 11.2 Å². The molecule has 0 unspecified atom stereocenters. The Hall–Kier alpha value is -1.38. The van der Waals surface area contributed by atoms with Gasteiger partial charge in [-0.25, -0.2) is 4.39 Å². The molecule has 1 aromatic rings. The summed E-state index contributed by atoms with van der Waals surface area (Å²) in [7, 11) is 0. The van der Waals surface area contributed by atoms with Gasteiger partial charge in [-0.05, 0) is 61.1 Å². The summed E-state index contributed by atoms with van der Waals surface area (Å²) >= 11 is 0. The van der Waals surface area contributed by atoms with E-state index in [2.05, 4.69) is 20.8 Å². The van der Waals surface area contributed by atoms with Gasteiger partial charge >= 0.3 is 5.97 Å². The van der Waals surface area contributed by atoms with Crippen molar-refractivity contribution in [1.82, 2.24) is 0 Å². The number of carboxylic acids is 1. The SMILES string of the molecule is CC(C)(C)C1CCC(Cc2ccc(F)cc2)(C(=O)O)CC1. The van der Waals surface area contributed by atoms with Gasteiger partial charge in [0.25, 0.3) is 0 Å². The van der Waals surface area contributed by atoms with Gasteiger partial charge in [-0.3, -0.25) is 4.79 Å². The summed E-state index contributed by atoms with van der Waals surface area (Å²) in [4.78, 5) is 11.8. The second-order valence-electron chi connectivity index (χ2n) is 7.53. The van der Waals surface area contributed by atoms with Crippen LogP contribution in [0.1, 0.15) is 52.0 Å². The smallest absolute Gasteiger partial charge is 0.309 e. The van der Waals surface area contributed by atoms with Gasteiger partial charge in [-0.1, -0.05) is 32.9 Å². The van der Waals surface area contributed by atoms with Crippen molar-refractivity contribution in [3.05, 3.63) is 35.6 Å². The van der Waals surface area contributed by atoms with Crippen LogP contribution < -0.4 is 0 Å². The van der Waals surface area contributed by atoms with Crippen molar-refractivity contribution in [3.63, 3.8) is 0 Å². The van der Waals surface area contributed by atoms with Crippen molar-refractivity contribution in [1.29, 1.82) is 0 Å². The molecule has 0 bridgehead atoms. The molecule has 116 valence electrons. The molecule has 1 saturated carbocycles. The molecule has 3 heteroatoms. The second-order valence-corrected chi connectivity index (χ2v) is 7.53. The van der Waals surface area contributed by atoms with Gasteiger partial charge in [0.1, 0.15) is 5.82 Å². The molecule has 1 aliphatic carbocycles. The quantitative estimate of drug-likeness (QED) is 0.878. The van der Waals surface area contributed by atoms with Crippen LogP contribution in [0.4, 0.5) is 4.39 Å². The zero-order valence-electron chi connectivity index (χ0n) is 13.2. The number of rotatable bonds is 3. The van der Waals surface area contributed by atoms with Crippen molar-refractivity contribution in [2.24, 2.45) is 16.7 Å². The summed E-state index contributed by atoms with van der Waals surface area (Å²) in [5.41, 5.74) is 0.466. The lowest BCUT2D eigenvalue weighted by molar-refractivity contribution is -0.152. The molecule has 0 atom stereocenters. The van der Waals surface area contributed by atoms with Crippen molar-refractivity contribution < 1.29 is 14.3 Å². The van der Waals surface area contributed by atoms with E-state index in [1.807, 2.05) is 0 Å². The van der Waals surface area contributed by atoms with Crippen LogP contribution >= 0.6 is 0 Å². The number of aliphatic carboxylic acids is 1. The van der Waals surface area contributed by atoms with E-state index < -0.39 is 11.4 Å². The predicted octanol–water partition coefficient (Wildman–Crippen LogP) is 4.68. The molecule has 1 fully saturated rings. The second kappa shape index (κ2) is 5.78. The Bertz CT molecular complexity index is 491. The number of benzene rings is 1. The minimum atomic E-state index is -0.709. The highest BCUT2D eigenvalue weighted by Crippen LogP contribution is 2.47. The van der Waals surface area contributed by atoms with Crippen LogP contribution in [0.15, 0.2) is 24.3 Å². The van der Waals surface area contributed by atoms with Crippen LogP contribution in [-0.4, -0.2) is 11.1 Å². The molecule has 0 aliphatic heterocycles. The van der Waals surface area contributed by atoms with Crippen LogP contribution in [0.5, 0.6) is 0 Å². The molecule has 21 heavy (non-hydrogen) atoms. The average molecular weight is 292 g/mol. The Morgan fingerprint density at radius 3 is 2.19 bits per heavy atom. The van der Waals surface area contributed by atoms with Crippen LogP contribution in [0.25, 0.3) is 0 Å². The third kappa shape index (κ3) is 3.63. The van der Waals surface area contributed by atoms with Crippen LogP contribution in [0.2, 0.25) is 0 Å². The molecular weight excluding hydrogens is 267 g/mol. The largest absolute Gasteiger partial charge is 0.481 e. The lowest BCUT2D eigenvalue weighted by Gasteiger charge is -2.42. The van der Waals surface area contributed by atoms with Crippen molar-refractivity contribution in [3.8, 4) is 0 Å². The molecule has 0 heterocycles. The number of hydrogen-bond donors (Lipinski definition) is 1. The summed E-state index contributed by atoms with van der Waals surface area (Å²) in [5.74, 6) is -0.406. The number of hydrogen-bond acceptors (Lipinski definition) is 1. The summed E-state index contributed by atoms with van der Waals surface area (Å²) in [6.07, 6.45) is 3.83. The Kier molecular flexibility index (Phi) is 4.40. The van der Waals surface area contributed by atoms with E-state index >= 15 is 0 Å². The predicted molar refractivity (Wildman–Crippen MR) is 81.6 cm³/mol. The Morgan fingerprint density at radius 2 is 1.76 bits per heavy atom. The van der Waals surface area contributed by atoms with Gasteiger partial charge in [0.2, 0.25) is 0 Å². The summed E-state index contributed by atoms with van der Waals surface area (Å²) < 4.78 is 13.0. The highest BCUT2D eigenvalue weighted by Gasteiger charge is 2.43. The minimum absolute atomic E-state index is 0.237. The maximum atomic E-state index is 13.0. The van der Waals surface area contributed by atoms with E-state index in [9.17, 15) is 14.3 Å². The lowest BCUT2D eigenvalue weighted by atomic mass is 9.62. The Morgan fingerprint density at radius 1 is 1.24 bits per heavy atom. The van der Waals surface area contributed by atoms with Crippen LogP contribution in [-0.2, 0) is 11.2 Å². The normalized spacial score (nSPS) is 26.6. The van der Waals surface area contributed by atoms with E-state index in [4.69, 9.17) is 0 Å². The van der Waals surface area contributed by atoms with Crippen molar-refractivity contribution >= 4 is 5.97 Å². The third-order valence-corrected chi connectivity index (χ3v) is 5.08. The molecule has 1 aliphatic rings. The molecule has 0 saturated heterocycles. The Balaban J connectivity index is 2.13. The van der Waals surface area contributed by atoms with E-state index in [0.29, 0.717) is 25.2 Å². The third-order valence-electron chi connectivity index (χ3n) is 5.08. The monoisotopic (exact) mass is 292 g/mol. The highest BCUT2D eigenvalue weighted by atomic mass is 19.1. The summed E-state index contributed by atoms with van der Waals surface area (Å²) in [6, 6.07) is 6.23. The maximum Gasteiger partial charge on any atom is 0.309 e. The molecule has 0 radical (unpaired) electrons. The van der Waals surface area contributed by atoms with Gasteiger partial charge in [0.05, 0.1) is 5.41 Å². The zero-order chi connectivity index (χ0) is 15.7. The minimum Gasteiger partial charge on any atom is -0.481 e. The van der Waals surface area contributed by atoms with Crippen molar-refractivity contribution in [2.75, 3.05) is 0 Å². The Labute approximate surface area is 126 Å². The molecule has 2 rings (SSSR count). The topological polar surface area (TPSA) is 37.3 Å². The molecule has 1 aromatic carbocycles.